The molecule has 9 heteroatoms. The van der Waals surface area contributed by atoms with Gasteiger partial charge < -0.3 is 18.9 Å². The molecule has 2 unspecified atom stereocenters. The van der Waals surface area contributed by atoms with E-state index in [4.69, 9.17) is 42.1 Å². The lowest BCUT2D eigenvalue weighted by atomic mass is 10.0. The first-order valence-electron chi connectivity index (χ1n) is 13.2. The highest BCUT2D eigenvalue weighted by atomic mass is 35.5. The highest BCUT2D eigenvalue weighted by Gasteiger charge is 2.24. The second-order valence-electron chi connectivity index (χ2n) is 9.35. The molecule has 0 aromatic heterocycles. The maximum atomic E-state index is 12.7. The molecule has 0 fully saturated rings. The van der Waals surface area contributed by atoms with Crippen LogP contribution in [0.2, 0.25) is 10.0 Å². The van der Waals surface area contributed by atoms with Crippen LogP contribution < -0.4 is 4.74 Å². The molecule has 0 radical (unpaired) electrons. The summed E-state index contributed by atoms with van der Waals surface area (Å²) in [5.74, 6) is -1.39. The Labute approximate surface area is 251 Å². The predicted octanol–water partition coefficient (Wildman–Crippen LogP) is 7.19. The lowest BCUT2D eigenvalue weighted by Crippen LogP contribution is -2.31. The highest BCUT2D eigenvalue weighted by molar-refractivity contribution is 6.35. The number of esters is 3. The van der Waals surface area contributed by atoms with E-state index in [9.17, 15) is 14.4 Å². The first kappa shape index (κ1) is 33.8. The number of rotatable bonds is 16. The van der Waals surface area contributed by atoms with Crippen molar-refractivity contribution in [2.45, 2.75) is 46.1 Å². The van der Waals surface area contributed by atoms with Gasteiger partial charge in [0.2, 0.25) is 6.10 Å². The molecule has 0 aliphatic carbocycles. The van der Waals surface area contributed by atoms with Crippen LogP contribution in [0.25, 0.3) is 5.57 Å². The first-order chi connectivity index (χ1) is 19.6. The third-order valence-electron chi connectivity index (χ3n) is 5.72. The smallest absolute Gasteiger partial charge is 0.347 e. The van der Waals surface area contributed by atoms with E-state index in [0.29, 0.717) is 24.7 Å². The van der Waals surface area contributed by atoms with Crippen molar-refractivity contribution in [2.24, 2.45) is 5.92 Å². The molecule has 0 aliphatic rings. The lowest BCUT2D eigenvalue weighted by molar-refractivity contribution is -0.167. The standard InChI is InChI=1S/C32H36Cl2O7/c1-5-8-23(3)26-13-11-25(12-14-26)19-30(40-24(4)35)32(37)39-21-22(2)9-6-17-38-18-7-10-31(36)41-29-16-15-27(33)20-28(29)34/h5-6,8-9,11-16,20,22,30H,1,7,10,17-19,21H2,2-4H3/b9-6-,23-8+. The molecule has 0 bridgehead atoms. The predicted molar refractivity (Wildman–Crippen MR) is 161 cm³/mol. The summed E-state index contributed by atoms with van der Waals surface area (Å²) >= 11 is 11.8. The summed E-state index contributed by atoms with van der Waals surface area (Å²) in [6.45, 7) is 9.66. The number of carbonyl (C=O) groups is 3. The largest absolute Gasteiger partial charge is 0.462 e. The van der Waals surface area contributed by atoms with Gasteiger partial charge in [-0.05, 0) is 48.2 Å². The molecular weight excluding hydrogens is 567 g/mol. The summed E-state index contributed by atoms with van der Waals surface area (Å²) in [5, 5.41) is 0.728. The highest BCUT2D eigenvalue weighted by Crippen LogP contribution is 2.27. The Morgan fingerprint density at radius 3 is 2.44 bits per heavy atom. The van der Waals surface area contributed by atoms with E-state index in [1.54, 1.807) is 18.2 Å². The van der Waals surface area contributed by atoms with E-state index < -0.39 is 24.0 Å². The number of carbonyl (C=O) groups excluding carboxylic acids is 3. The van der Waals surface area contributed by atoms with Crippen molar-refractivity contribution in [3.8, 4) is 5.75 Å². The Balaban J connectivity index is 1.70. The van der Waals surface area contributed by atoms with E-state index in [1.165, 1.54) is 13.0 Å². The quantitative estimate of drug-likeness (QED) is 0.0660. The molecule has 2 aromatic rings. The molecule has 2 rings (SSSR count). The van der Waals surface area contributed by atoms with Crippen LogP contribution in [0.1, 0.15) is 44.7 Å². The minimum Gasteiger partial charge on any atom is -0.462 e. The molecule has 2 aromatic carbocycles. The minimum absolute atomic E-state index is 0.0847. The topological polar surface area (TPSA) is 88.1 Å². The van der Waals surface area contributed by atoms with Gasteiger partial charge in [0.1, 0.15) is 5.75 Å². The summed E-state index contributed by atoms with van der Waals surface area (Å²) in [6.07, 6.45) is 7.15. The molecule has 0 amide bonds. The summed E-state index contributed by atoms with van der Waals surface area (Å²) < 4.78 is 21.4. The van der Waals surface area contributed by atoms with E-state index in [0.717, 1.165) is 16.7 Å². The summed E-state index contributed by atoms with van der Waals surface area (Å²) in [4.78, 5) is 36.2. The molecule has 7 nitrogen and oxygen atoms in total. The van der Waals surface area contributed by atoms with Crippen LogP contribution in [-0.4, -0.2) is 43.8 Å². The van der Waals surface area contributed by atoms with Crippen LogP contribution in [0.5, 0.6) is 5.75 Å². The summed E-state index contributed by atoms with van der Waals surface area (Å²) in [7, 11) is 0. The molecular formula is C32H36Cl2O7. The number of halogens is 2. The van der Waals surface area contributed by atoms with Gasteiger partial charge in [-0.2, -0.15) is 0 Å². The van der Waals surface area contributed by atoms with Gasteiger partial charge in [0.05, 0.1) is 18.2 Å². The van der Waals surface area contributed by atoms with Crippen molar-refractivity contribution in [3.05, 3.63) is 94.5 Å². The zero-order valence-electron chi connectivity index (χ0n) is 23.6. The van der Waals surface area contributed by atoms with Crippen molar-refractivity contribution in [1.82, 2.24) is 0 Å². The third kappa shape index (κ3) is 13.2. The number of hydrogen-bond acceptors (Lipinski definition) is 7. The number of ether oxygens (including phenoxy) is 4. The SMILES string of the molecule is C=C/C=C(\C)c1ccc(CC(OC(C)=O)C(=O)OCC(C)/C=C\COCCCC(=O)Oc2ccc(Cl)cc2Cl)cc1. The van der Waals surface area contributed by atoms with Crippen LogP contribution in [-0.2, 0) is 35.0 Å². The normalized spacial score (nSPS) is 13.0. The van der Waals surface area contributed by atoms with Gasteiger partial charge in [-0.3, -0.25) is 9.59 Å². The first-order valence-corrected chi connectivity index (χ1v) is 14.0. The number of hydrogen-bond donors (Lipinski definition) is 0. The van der Waals surface area contributed by atoms with Crippen LogP contribution in [0.4, 0.5) is 0 Å². The fourth-order valence-electron chi connectivity index (χ4n) is 3.62. The Bertz CT molecular complexity index is 1240. The molecule has 0 saturated carbocycles. The molecule has 0 N–H and O–H groups in total. The van der Waals surface area contributed by atoms with E-state index >= 15 is 0 Å². The molecule has 220 valence electrons. The van der Waals surface area contributed by atoms with Crippen LogP contribution >= 0.6 is 23.2 Å². The van der Waals surface area contributed by atoms with Gasteiger partial charge in [-0.1, -0.05) is 85.3 Å². The molecule has 0 saturated heterocycles. The van der Waals surface area contributed by atoms with Gasteiger partial charge in [-0.15, -0.1) is 0 Å². The molecule has 2 atom stereocenters. The van der Waals surface area contributed by atoms with Crippen molar-refractivity contribution >= 4 is 46.7 Å². The van der Waals surface area contributed by atoms with Crippen LogP contribution in [0.15, 0.2) is 73.3 Å². The van der Waals surface area contributed by atoms with Crippen molar-refractivity contribution in [1.29, 1.82) is 0 Å². The summed E-state index contributed by atoms with van der Waals surface area (Å²) in [5.41, 5.74) is 2.94. The lowest BCUT2D eigenvalue weighted by Gasteiger charge is -2.17. The van der Waals surface area contributed by atoms with Gasteiger partial charge in [0.25, 0.3) is 0 Å². The number of allylic oxidation sites excluding steroid dienone is 3. The second-order valence-corrected chi connectivity index (χ2v) is 10.2. The molecule has 41 heavy (non-hydrogen) atoms. The zero-order valence-corrected chi connectivity index (χ0v) is 25.1. The van der Waals surface area contributed by atoms with E-state index in [1.807, 2.05) is 56.3 Å². The molecule has 0 heterocycles. The van der Waals surface area contributed by atoms with Gasteiger partial charge in [0, 0.05) is 37.3 Å². The average molecular weight is 604 g/mol. The Morgan fingerprint density at radius 2 is 1.78 bits per heavy atom. The minimum atomic E-state index is -1.04. The third-order valence-corrected chi connectivity index (χ3v) is 6.25. The van der Waals surface area contributed by atoms with Crippen LogP contribution in [0.3, 0.4) is 0 Å². The number of benzene rings is 2. The monoisotopic (exact) mass is 602 g/mol. The van der Waals surface area contributed by atoms with Crippen molar-refractivity contribution in [2.75, 3.05) is 19.8 Å². The maximum Gasteiger partial charge on any atom is 0.347 e. The fraction of sp³-hybridized carbons (Fsp3) is 0.344. The van der Waals surface area contributed by atoms with Crippen molar-refractivity contribution in [3.63, 3.8) is 0 Å². The van der Waals surface area contributed by atoms with Gasteiger partial charge in [-0.25, -0.2) is 4.79 Å². The van der Waals surface area contributed by atoms with Gasteiger partial charge >= 0.3 is 17.9 Å². The van der Waals surface area contributed by atoms with Gasteiger partial charge in [0.15, 0.2) is 0 Å². The second kappa shape index (κ2) is 18.1. The Morgan fingerprint density at radius 1 is 1.05 bits per heavy atom. The summed E-state index contributed by atoms with van der Waals surface area (Å²) in [6, 6.07) is 12.3. The van der Waals surface area contributed by atoms with Crippen LogP contribution in [0, 0.1) is 5.92 Å². The van der Waals surface area contributed by atoms with Crippen molar-refractivity contribution < 1.29 is 33.3 Å². The van der Waals surface area contributed by atoms with E-state index in [-0.39, 0.29) is 36.1 Å². The zero-order chi connectivity index (χ0) is 30.2. The Hall–Kier alpha value is -3.39. The maximum absolute atomic E-state index is 12.7. The molecule has 0 spiro atoms. The fourth-order valence-corrected chi connectivity index (χ4v) is 4.06. The van der Waals surface area contributed by atoms with E-state index in [2.05, 4.69) is 6.58 Å². The Kier molecular flexibility index (Phi) is 14.9. The average Bonchev–Trinajstić information content (AvgIpc) is 2.92. The molecule has 0 aliphatic heterocycles.